The van der Waals surface area contributed by atoms with E-state index in [1.807, 2.05) is 18.2 Å². The number of rotatable bonds is 2. The van der Waals surface area contributed by atoms with Crippen LogP contribution in [0.5, 0.6) is 0 Å². The quantitative estimate of drug-likeness (QED) is 0.829. The van der Waals surface area contributed by atoms with Crippen LogP contribution >= 0.6 is 24.0 Å². The van der Waals surface area contributed by atoms with Gasteiger partial charge in [0.1, 0.15) is 0 Å². The average Bonchev–Trinajstić information content (AvgIpc) is 2.61. The highest BCUT2D eigenvalue weighted by Crippen LogP contribution is 2.42. The van der Waals surface area contributed by atoms with Crippen molar-refractivity contribution in [1.82, 2.24) is 4.90 Å². The van der Waals surface area contributed by atoms with Gasteiger partial charge in [-0.2, -0.15) is 0 Å². The van der Waals surface area contributed by atoms with Crippen molar-refractivity contribution in [2.75, 3.05) is 31.1 Å². The molecule has 26 heavy (non-hydrogen) atoms. The fourth-order valence-electron chi connectivity index (χ4n) is 5.11. The van der Waals surface area contributed by atoms with Crippen molar-refractivity contribution >= 4 is 35.6 Å². The van der Waals surface area contributed by atoms with Crippen molar-refractivity contribution in [1.29, 1.82) is 0 Å². The van der Waals surface area contributed by atoms with Crippen LogP contribution in [0, 0.1) is 17.8 Å². The molecular formula is C20H29Cl2N3O. The Morgan fingerprint density at radius 3 is 2.35 bits per heavy atom. The zero-order valence-corrected chi connectivity index (χ0v) is 16.7. The Bertz CT molecular complexity index is 619. The third-order valence-electron chi connectivity index (χ3n) is 6.53. The fraction of sp³-hybridized carbons (Fsp3) is 0.650. The molecule has 3 fully saturated rings. The number of carbonyl (C=O) groups is 1. The summed E-state index contributed by atoms with van der Waals surface area (Å²) in [5.74, 6) is 1.70. The summed E-state index contributed by atoms with van der Waals surface area (Å²) < 4.78 is 0. The van der Waals surface area contributed by atoms with Gasteiger partial charge >= 0.3 is 0 Å². The number of hydrogen-bond donors (Lipinski definition) is 1. The van der Waals surface area contributed by atoms with Gasteiger partial charge in [0.15, 0.2) is 0 Å². The van der Waals surface area contributed by atoms with Crippen LogP contribution in [-0.4, -0.2) is 43.0 Å². The van der Waals surface area contributed by atoms with Crippen LogP contribution in [0.3, 0.4) is 0 Å². The summed E-state index contributed by atoms with van der Waals surface area (Å²) in [5.41, 5.74) is 7.53. The first-order valence-electron chi connectivity index (χ1n) is 9.66. The molecule has 2 bridgehead atoms. The lowest BCUT2D eigenvalue weighted by molar-refractivity contribution is -0.138. The fourth-order valence-corrected chi connectivity index (χ4v) is 5.29. The number of fused-ring (bicyclic) bond motifs is 2. The van der Waals surface area contributed by atoms with Gasteiger partial charge < -0.3 is 15.5 Å². The third kappa shape index (κ3) is 3.97. The Kier molecular flexibility index (Phi) is 6.37. The lowest BCUT2D eigenvalue weighted by Gasteiger charge is -2.45. The van der Waals surface area contributed by atoms with Crippen molar-refractivity contribution < 1.29 is 4.79 Å². The minimum atomic E-state index is 0. The molecule has 4 rings (SSSR count). The number of amides is 1. The lowest BCUT2D eigenvalue weighted by atomic mass is 9.65. The number of hydrogen-bond acceptors (Lipinski definition) is 3. The molecular weight excluding hydrogens is 369 g/mol. The molecule has 2 aliphatic carbocycles. The van der Waals surface area contributed by atoms with E-state index in [0.29, 0.717) is 23.8 Å². The molecule has 1 aliphatic heterocycles. The van der Waals surface area contributed by atoms with Crippen molar-refractivity contribution in [2.45, 2.75) is 38.1 Å². The van der Waals surface area contributed by atoms with Gasteiger partial charge in [0.05, 0.1) is 0 Å². The molecule has 2 N–H and O–H groups in total. The van der Waals surface area contributed by atoms with Gasteiger partial charge in [0.25, 0.3) is 0 Å². The second-order valence-electron chi connectivity index (χ2n) is 7.99. The van der Waals surface area contributed by atoms with Crippen LogP contribution in [0.1, 0.15) is 32.1 Å². The number of nitrogens with zero attached hydrogens (tertiary/aromatic N) is 2. The second-order valence-corrected chi connectivity index (χ2v) is 8.43. The summed E-state index contributed by atoms with van der Waals surface area (Å²) in [4.78, 5) is 17.4. The van der Waals surface area contributed by atoms with E-state index in [1.165, 1.54) is 19.3 Å². The standard InChI is InChI=1S/C20H28ClN3O.ClH/c21-17-5-2-6-18(13-17)23-7-9-24(10-8-23)20(25)16-11-14-3-1-4-15(12-16)19(14)22;/h2,5-6,13-16,19H,1,3-4,7-12,22H2;1H. The number of halogens is 2. The smallest absolute Gasteiger partial charge is 0.225 e. The maximum atomic E-state index is 13.0. The zero-order chi connectivity index (χ0) is 17.4. The molecule has 1 saturated heterocycles. The Labute approximate surface area is 167 Å². The summed E-state index contributed by atoms with van der Waals surface area (Å²) in [6.07, 6.45) is 5.73. The SMILES string of the molecule is Cl.NC1C2CCCC1CC(C(=O)N1CCN(c3cccc(Cl)c3)CC1)C2. The molecule has 0 aromatic heterocycles. The van der Waals surface area contributed by atoms with Crippen molar-refractivity contribution in [2.24, 2.45) is 23.5 Å². The zero-order valence-electron chi connectivity index (χ0n) is 15.1. The van der Waals surface area contributed by atoms with Gasteiger partial charge in [0.2, 0.25) is 5.91 Å². The summed E-state index contributed by atoms with van der Waals surface area (Å²) in [6.45, 7) is 3.38. The first-order valence-corrected chi connectivity index (χ1v) is 10.0. The highest BCUT2D eigenvalue weighted by molar-refractivity contribution is 6.30. The van der Waals surface area contributed by atoms with E-state index in [2.05, 4.69) is 15.9 Å². The summed E-state index contributed by atoms with van der Waals surface area (Å²) >= 11 is 6.10. The molecule has 4 nitrogen and oxygen atoms in total. The van der Waals surface area contributed by atoms with Crippen molar-refractivity contribution in [3.63, 3.8) is 0 Å². The van der Waals surface area contributed by atoms with E-state index >= 15 is 0 Å². The molecule has 1 aromatic rings. The molecule has 144 valence electrons. The molecule has 0 radical (unpaired) electrons. The Morgan fingerprint density at radius 1 is 1.08 bits per heavy atom. The summed E-state index contributed by atoms with van der Waals surface area (Å²) in [6, 6.07) is 8.31. The number of nitrogens with two attached hydrogens (primary N) is 1. The van der Waals surface area contributed by atoms with Gasteiger partial charge in [-0.3, -0.25) is 4.79 Å². The highest BCUT2D eigenvalue weighted by atomic mass is 35.5. The topological polar surface area (TPSA) is 49.6 Å². The predicted octanol–water partition coefficient (Wildman–Crippen LogP) is 3.56. The van der Waals surface area contributed by atoms with E-state index in [4.69, 9.17) is 17.3 Å². The monoisotopic (exact) mass is 397 g/mol. The number of piperazine rings is 1. The second kappa shape index (κ2) is 8.37. The molecule has 1 heterocycles. The van der Waals surface area contributed by atoms with Gasteiger partial charge in [-0.25, -0.2) is 0 Å². The largest absolute Gasteiger partial charge is 0.368 e. The van der Waals surface area contributed by atoms with Crippen LogP contribution in [0.25, 0.3) is 0 Å². The van der Waals surface area contributed by atoms with Crippen LogP contribution < -0.4 is 10.6 Å². The number of carbonyl (C=O) groups excluding carboxylic acids is 1. The molecule has 1 amide bonds. The molecule has 6 heteroatoms. The first kappa shape index (κ1) is 19.8. The third-order valence-corrected chi connectivity index (χ3v) is 6.76. The minimum Gasteiger partial charge on any atom is -0.368 e. The maximum Gasteiger partial charge on any atom is 0.225 e. The van der Waals surface area contributed by atoms with Crippen molar-refractivity contribution in [3.05, 3.63) is 29.3 Å². The Hall–Kier alpha value is -0.970. The van der Waals surface area contributed by atoms with E-state index < -0.39 is 0 Å². The normalized spacial score (nSPS) is 31.3. The predicted molar refractivity (Wildman–Crippen MR) is 109 cm³/mol. The number of benzene rings is 1. The van der Waals surface area contributed by atoms with Crippen LogP contribution in [0.2, 0.25) is 5.02 Å². The average molecular weight is 398 g/mol. The van der Waals surface area contributed by atoms with Gasteiger partial charge in [-0.05, 0) is 55.7 Å². The number of anilines is 1. The molecule has 2 unspecified atom stereocenters. The van der Waals surface area contributed by atoms with E-state index in [9.17, 15) is 4.79 Å². The van der Waals surface area contributed by atoms with E-state index in [1.54, 1.807) is 0 Å². The highest BCUT2D eigenvalue weighted by Gasteiger charge is 2.41. The van der Waals surface area contributed by atoms with Crippen molar-refractivity contribution in [3.8, 4) is 0 Å². The lowest BCUT2D eigenvalue weighted by Crippen LogP contribution is -2.53. The Morgan fingerprint density at radius 2 is 1.73 bits per heavy atom. The van der Waals surface area contributed by atoms with E-state index in [-0.39, 0.29) is 18.3 Å². The summed E-state index contributed by atoms with van der Waals surface area (Å²) in [5, 5.41) is 0.765. The van der Waals surface area contributed by atoms with Gasteiger partial charge in [0, 0.05) is 48.8 Å². The first-order chi connectivity index (χ1) is 12.1. The molecule has 1 aromatic carbocycles. The van der Waals surface area contributed by atoms with Crippen LogP contribution in [0.4, 0.5) is 5.69 Å². The van der Waals surface area contributed by atoms with Gasteiger partial charge in [-0.1, -0.05) is 24.1 Å². The maximum absolute atomic E-state index is 13.0. The van der Waals surface area contributed by atoms with Crippen LogP contribution in [-0.2, 0) is 4.79 Å². The molecule has 2 atom stereocenters. The molecule has 2 saturated carbocycles. The minimum absolute atomic E-state index is 0. The van der Waals surface area contributed by atoms with Gasteiger partial charge in [-0.15, -0.1) is 12.4 Å². The van der Waals surface area contributed by atoms with Crippen LogP contribution in [0.15, 0.2) is 24.3 Å². The van der Waals surface area contributed by atoms with E-state index in [0.717, 1.165) is 49.7 Å². The molecule has 0 spiro atoms. The summed E-state index contributed by atoms with van der Waals surface area (Å²) in [7, 11) is 0. The molecule has 3 aliphatic rings. The Balaban J connectivity index is 0.00000196.